The summed E-state index contributed by atoms with van der Waals surface area (Å²) < 4.78 is 29.8. The molecule has 0 atom stereocenters. The van der Waals surface area contributed by atoms with Gasteiger partial charge < -0.3 is 4.18 Å². The molecule has 0 fully saturated rings. The maximum atomic E-state index is 12.3. The van der Waals surface area contributed by atoms with E-state index in [0.717, 1.165) is 19.3 Å². The van der Waals surface area contributed by atoms with Gasteiger partial charge in [-0.2, -0.15) is 8.42 Å². The first-order valence-electron chi connectivity index (χ1n) is 11.5. The molecule has 1 aromatic rings. The Hall–Kier alpha value is -0.520. The Morgan fingerprint density at radius 1 is 0.700 bits per heavy atom. The third-order valence-corrected chi connectivity index (χ3v) is 7.43. The van der Waals surface area contributed by atoms with Gasteiger partial charge in [0, 0.05) is 0 Å². The third kappa shape index (κ3) is 11.2. The minimum atomic E-state index is -3.73. The first kappa shape index (κ1) is 27.5. The maximum Gasteiger partial charge on any atom is 0.309 e. The highest BCUT2D eigenvalue weighted by Crippen LogP contribution is 2.37. The number of hydrogen-bond donors (Lipinski definition) is 0. The van der Waals surface area contributed by atoms with Crippen LogP contribution in [0.5, 0.6) is 5.75 Å². The fourth-order valence-corrected chi connectivity index (χ4v) is 5.04. The van der Waals surface area contributed by atoms with Gasteiger partial charge in [0.15, 0.2) is 5.75 Å². The molecule has 0 saturated carbocycles. The minimum Gasteiger partial charge on any atom is -0.379 e. The number of halogens is 2. The van der Waals surface area contributed by atoms with Gasteiger partial charge in [0.25, 0.3) is 0 Å². The number of hydrogen-bond acceptors (Lipinski definition) is 4. The fraction of sp³-hybridized carbons (Fsp3) is 0.783. The van der Waals surface area contributed by atoms with Crippen molar-refractivity contribution < 1.29 is 12.6 Å². The van der Waals surface area contributed by atoms with Gasteiger partial charge >= 0.3 is 10.1 Å². The standard InChI is InChI=1S/C23H39Cl2NO3S/c1-4-5-6-7-8-9-10-11-12-13-14-15-16-17-18-30(27,28)29-23-21(24)19(2)26-20(3)22(23)25/h4-18H2,1-3H3. The highest BCUT2D eigenvalue weighted by Gasteiger charge is 2.21. The molecule has 30 heavy (non-hydrogen) atoms. The summed E-state index contributed by atoms with van der Waals surface area (Å²) in [6.07, 6.45) is 17.1. The van der Waals surface area contributed by atoms with E-state index in [1.807, 2.05) is 0 Å². The average Bonchev–Trinajstić information content (AvgIpc) is 2.70. The van der Waals surface area contributed by atoms with Crippen LogP contribution >= 0.6 is 23.2 Å². The number of aromatic nitrogens is 1. The second-order valence-electron chi connectivity index (χ2n) is 8.18. The summed E-state index contributed by atoms with van der Waals surface area (Å²) in [7, 11) is -3.73. The number of rotatable bonds is 17. The smallest absolute Gasteiger partial charge is 0.309 e. The highest BCUT2D eigenvalue weighted by atomic mass is 35.5. The summed E-state index contributed by atoms with van der Waals surface area (Å²) in [5.41, 5.74) is 1.00. The maximum absolute atomic E-state index is 12.3. The molecule has 1 rings (SSSR count). The fourth-order valence-electron chi connectivity index (χ4n) is 3.49. The Morgan fingerprint density at radius 3 is 1.47 bits per heavy atom. The van der Waals surface area contributed by atoms with E-state index < -0.39 is 10.1 Å². The summed E-state index contributed by atoms with van der Waals surface area (Å²) >= 11 is 12.3. The molecular formula is C23H39Cl2NO3S. The van der Waals surface area contributed by atoms with Crippen molar-refractivity contribution >= 4 is 33.3 Å². The Balaban J connectivity index is 2.13. The quantitative estimate of drug-likeness (QED) is 0.167. The van der Waals surface area contributed by atoms with Gasteiger partial charge in [-0.1, -0.05) is 114 Å². The third-order valence-electron chi connectivity index (χ3n) is 5.33. The van der Waals surface area contributed by atoms with E-state index in [4.69, 9.17) is 27.4 Å². The lowest BCUT2D eigenvalue weighted by Gasteiger charge is -2.12. The number of unbranched alkanes of at least 4 members (excludes halogenated alkanes) is 13. The Kier molecular flexibility index (Phi) is 14.0. The lowest BCUT2D eigenvalue weighted by Crippen LogP contribution is -2.15. The van der Waals surface area contributed by atoms with E-state index in [-0.39, 0.29) is 21.5 Å². The largest absolute Gasteiger partial charge is 0.379 e. The van der Waals surface area contributed by atoms with Crippen molar-refractivity contribution in [3.63, 3.8) is 0 Å². The molecule has 0 amide bonds. The minimum absolute atomic E-state index is 0.00584. The first-order valence-corrected chi connectivity index (χ1v) is 13.9. The summed E-state index contributed by atoms with van der Waals surface area (Å²) in [5.74, 6) is -0.0355. The molecular weight excluding hydrogens is 441 g/mol. The van der Waals surface area contributed by atoms with Gasteiger partial charge in [-0.15, -0.1) is 0 Å². The van der Waals surface area contributed by atoms with Crippen LogP contribution in [0.15, 0.2) is 0 Å². The van der Waals surface area contributed by atoms with Crippen LogP contribution in [0.25, 0.3) is 0 Å². The van der Waals surface area contributed by atoms with E-state index in [0.29, 0.717) is 17.8 Å². The number of nitrogens with zero attached hydrogens (tertiary/aromatic N) is 1. The van der Waals surface area contributed by atoms with Crippen molar-refractivity contribution in [3.05, 3.63) is 21.4 Å². The normalized spacial score (nSPS) is 11.8. The second kappa shape index (κ2) is 15.3. The molecule has 0 bridgehead atoms. The Bertz CT molecular complexity index is 697. The van der Waals surface area contributed by atoms with Crippen LogP contribution in [-0.2, 0) is 10.1 Å². The zero-order valence-corrected chi connectivity index (χ0v) is 21.3. The van der Waals surface area contributed by atoms with Crippen LogP contribution in [0.3, 0.4) is 0 Å². The predicted molar refractivity (Wildman–Crippen MR) is 128 cm³/mol. The Labute approximate surface area is 194 Å². The van der Waals surface area contributed by atoms with Gasteiger partial charge in [-0.05, 0) is 20.3 Å². The second-order valence-corrected chi connectivity index (χ2v) is 10.6. The molecule has 1 heterocycles. The van der Waals surface area contributed by atoms with Gasteiger partial charge in [0.2, 0.25) is 0 Å². The molecule has 0 N–H and O–H groups in total. The van der Waals surface area contributed by atoms with Crippen molar-refractivity contribution in [1.82, 2.24) is 4.98 Å². The highest BCUT2D eigenvalue weighted by molar-refractivity contribution is 7.87. The molecule has 4 nitrogen and oxygen atoms in total. The molecule has 1 aromatic heterocycles. The van der Waals surface area contributed by atoms with E-state index in [1.54, 1.807) is 13.8 Å². The van der Waals surface area contributed by atoms with Crippen LogP contribution < -0.4 is 4.18 Å². The van der Waals surface area contributed by atoms with Crippen LogP contribution in [0.4, 0.5) is 0 Å². The van der Waals surface area contributed by atoms with Crippen molar-refractivity contribution in [3.8, 4) is 5.75 Å². The van der Waals surface area contributed by atoms with E-state index in [2.05, 4.69) is 11.9 Å². The van der Waals surface area contributed by atoms with Gasteiger partial charge in [-0.3, -0.25) is 4.98 Å². The van der Waals surface area contributed by atoms with E-state index in [1.165, 1.54) is 64.2 Å². The molecule has 7 heteroatoms. The first-order chi connectivity index (χ1) is 14.3. The molecule has 0 saturated heterocycles. The number of pyridine rings is 1. The van der Waals surface area contributed by atoms with Crippen molar-refractivity contribution in [2.45, 2.75) is 111 Å². The zero-order valence-electron chi connectivity index (χ0n) is 18.9. The van der Waals surface area contributed by atoms with E-state index in [9.17, 15) is 8.42 Å². The topological polar surface area (TPSA) is 56.3 Å². The van der Waals surface area contributed by atoms with Crippen molar-refractivity contribution in [1.29, 1.82) is 0 Å². The summed E-state index contributed by atoms with van der Waals surface area (Å²) in [4.78, 5) is 4.17. The molecule has 0 aliphatic carbocycles. The lowest BCUT2D eigenvalue weighted by atomic mass is 10.0. The molecule has 0 aliphatic rings. The monoisotopic (exact) mass is 479 g/mol. The van der Waals surface area contributed by atoms with Crippen molar-refractivity contribution in [2.24, 2.45) is 0 Å². The van der Waals surface area contributed by atoms with Crippen LogP contribution in [0.2, 0.25) is 10.0 Å². The van der Waals surface area contributed by atoms with Crippen LogP contribution in [-0.4, -0.2) is 19.2 Å². The van der Waals surface area contributed by atoms with Crippen molar-refractivity contribution in [2.75, 3.05) is 5.75 Å². The number of aryl methyl sites for hydroxylation is 2. The molecule has 0 spiro atoms. The lowest BCUT2D eigenvalue weighted by molar-refractivity contribution is 0.480. The molecule has 0 aromatic carbocycles. The average molecular weight is 481 g/mol. The molecule has 0 radical (unpaired) electrons. The van der Waals surface area contributed by atoms with Crippen LogP contribution in [0.1, 0.15) is 108 Å². The summed E-state index contributed by atoms with van der Waals surface area (Å²) in [6.45, 7) is 5.64. The molecule has 174 valence electrons. The molecule has 0 aliphatic heterocycles. The van der Waals surface area contributed by atoms with Gasteiger partial charge in [-0.25, -0.2) is 0 Å². The van der Waals surface area contributed by atoms with Gasteiger partial charge in [0.05, 0.1) is 17.1 Å². The summed E-state index contributed by atoms with van der Waals surface area (Å²) in [6, 6.07) is 0. The molecule has 0 unspecified atom stereocenters. The van der Waals surface area contributed by atoms with Crippen LogP contribution in [0, 0.1) is 13.8 Å². The predicted octanol–water partition coefficient (Wildman–Crippen LogP) is 8.20. The zero-order chi connectivity index (χ0) is 22.4. The SMILES string of the molecule is CCCCCCCCCCCCCCCCS(=O)(=O)Oc1c(Cl)c(C)nc(C)c1Cl. The van der Waals surface area contributed by atoms with Gasteiger partial charge in [0.1, 0.15) is 10.0 Å². The Morgan fingerprint density at radius 2 is 1.07 bits per heavy atom. The summed E-state index contributed by atoms with van der Waals surface area (Å²) in [5, 5.41) is 0.297. The van der Waals surface area contributed by atoms with E-state index >= 15 is 0 Å².